The second-order valence-electron chi connectivity index (χ2n) is 2.91. The van der Waals surface area contributed by atoms with Gasteiger partial charge in [-0.05, 0) is 13.0 Å². The first kappa shape index (κ1) is 12.9. The lowest BCUT2D eigenvalue weighted by Gasteiger charge is -2.04. The van der Waals surface area contributed by atoms with Gasteiger partial charge in [-0.25, -0.2) is 18.6 Å². The van der Waals surface area contributed by atoms with E-state index in [1.807, 2.05) is 0 Å². The summed E-state index contributed by atoms with van der Waals surface area (Å²) < 4.78 is 29.6. The van der Waals surface area contributed by atoms with E-state index in [9.17, 15) is 23.7 Å². The van der Waals surface area contributed by atoms with Crippen LogP contribution in [0.5, 0.6) is 0 Å². The van der Waals surface area contributed by atoms with Gasteiger partial charge in [-0.1, -0.05) is 0 Å². The summed E-state index contributed by atoms with van der Waals surface area (Å²) in [6.07, 6.45) is -2.44. The number of alkyl halides is 2. The van der Waals surface area contributed by atoms with Gasteiger partial charge in [0.15, 0.2) is 0 Å². The van der Waals surface area contributed by atoms with Crippen molar-refractivity contribution in [3.63, 3.8) is 0 Å². The van der Waals surface area contributed by atoms with E-state index in [4.69, 9.17) is 0 Å². The number of carbonyl (C=O) groups is 1. The van der Waals surface area contributed by atoms with E-state index >= 15 is 0 Å². The molecule has 17 heavy (non-hydrogen) atoms. The number of pyridine rings is 1. The normalized spacial score (nSPS) is 10.4. The number of esters is 1. The van der Waals surface area contributed by atoms with Gasteiger partial charge in [0.25, 0.3) is 12.1 Å². The molecule has 0 fully saturated rings. The van der Waals surface area contributed by atoms with Gasteiger partial charge in [-0.2, -0.15) is 0 Å². The van der Waals surface area contributed by atoms with E-state index in [1.165, 1.54) is 6.92 Å². The molecule has 0 amide bonds. The predicted octanol–water partition coefficient (Wildman–Crippen LogP) is 2.10. The van der Waals surface area contributed by atoms with Crippen molar-refractivity contribution in [3.8, 4) is 0 Å². The molecule has 0 atom stereocenters. The third-order valence-electron chi connectivity index (χ3n) is 1.83. The Bertz CT molecular complexity index is 451. The van der Waals surface area contributed by atoms with E-state index in [0.29, 0.717) is 12.3 Å². The third-order valence-corrected chi connectivity index (χ3v) is 1.83. The second kappa shape index (κ2) is 5.28. The fourth-order valence-electron chi connectivity index (χ4n) is 1.11. The van der Waals surface area contributed by atoms with Gasteiger partial charge < -0.3 is 4.74 Å². The first-order valence-corrected chi connectivity index (χ1v) is 4.57. The minimum absolute atomic E-state index is 0.0571. The van der Waals surface area contributed by atoms with Crippen molar-refractivity contribution >= 4 is 11.7 Å². The number of nitro groups is 1. The monoisotopic (exact) mass is 246 g/mol. The summed E-state index contributed by atoms with van der Waals surface area (Å²) in [6.45, 7) is 1.60. The molecule has 0 aliphatic heterocycles. The molecular formula is C9H8F2N2O4. The number of aromatic nitrogens is 1. The zero-order valence-corrected chi connectivity index (χ0v) is 8.72. The zero-order valence-electron chi connectivity index (χ0n) is 8.72. The Morgan fingerprint density at radius 3 is 2.76 bits per heavy atom. The quantitative estimate of drug-likeness (QED) is 0.461. The van der Waals surface area contributed by atoms with Gasteiger partial charge in [-0.15, -0.1) is 0 Å². The van der Waals surface area contributed by atoms with Crippen LogP contribution in [0.3, 0.4) is 0 Å². The Hall–Kier alpha value is -2.12. The van der Waals surface area contributed by atoms with Gasteiger partial charge in [0, 0.05) is 0 Å². The number of nitrogens with zero attached hydrogens (tertiary/aromatic N) is 2. The molecule has 0 aromatic carbocycles. The van der Waals surface area contributed by atoms with E-state index in [2.05, 4.69) is 9.72 Å². The van der Waals surface area contributed by atoms with Crippen molar-refractivity contribution in [3.05, 3.63) is 33.6 Å². The zero-order chi connectivity index (χ0) is 13.0. The third kappa shape index (κ3) is 2.92. The van der Waals surface area contributed by atoms with Crippen molar-refractivity contribution in [1.82, 2.24) is 4.98 Å². The maximum absolute atomic E-state index is 12.5. The standard InChI is InChI=1S/C9H8F2N2O4/c1-2-17-9(14)6-3-5(8(10)11)7(4-12-6)13(15)16/h3-4,8H,2H2,1H3. The maximum atomic E-state index is 12.5. The molecule has 0 saturated heterocycles. The molecule has 0 radical (unpaired) electrons. The average Bonchev–Trinajstić information content (AvgIpc) is 2.28. The van der Waals surface area contributed by atoms with Crippen LogP contribution in [0.4, 0.5) is 14.5 Å². The van der Waals surface area contributed by atoms with Crippen molar-refractivity contribution < 1.29 is 23.2 Å². The smallest absolute Gasteiger partial charge is 0.356 e. The van der Waals surface area contributed by atoms with Crippen LogP contribution in [-0.2, 0) is 4.74 Å². The molecule has 1 rings (SSSR count). The van der Waals surface area contributed by atoms with E-state index in [0.717, 1.165) is 0 Å². The van der Waals surface area contributed by atoms with Gasteiger partial charge in [0.1, 0.15) is 11.9 Å². The van der Waals surface area contributed by atoms with Crippen LogP contribution in [0.25, 0.3) is 0 Å². The number of hydrogen-bond donors (Lipinski definition) is 0. The molecule has 1 aromatic heterocycles. The Morgan fingerprint density at radius 1 is 1.65 bits per heavy atom. The van der Waals surface area contributed by atoms with Gasteiger partial charge in [0.2, 0.25) is 0 Å². The van der Waals surface area contributed by atoms with Crippen LogP contribution in [0, 0.1) is 10.1 Å². The minimum Gasteiger partial charge on any atom is -0.461 e. The lowest BCUT2D eigenvalue weighted by molar-refractivity contribution is -0.386. The largest absolute Gasteiger partial charge is 0.461 e. The summed E-state index contributed by atoms with van der Waals surface area (Å²) in [5, 5.41) is 10.4. The first-order chi connectivity index (χ1) is 7.97. The molecule has 0 bridgehead atoms. The van der Waals surface area contributed by atoms with Crippen LogP contribution >= 0.6 is 0 Å². The Labute approximate surface area is 94.4 Å². The summed E-state index contributed by atoms with van der Waals surface area (Å²) in [6, 6.07) is 0.667. The Balaban J connectivity index is 3.18. The first-order valence-electron chi connectivity index (χ1n) is 4.57. The number of halogens is 2. The van der Waals surface area contributed by atoms with E-state index in [-0.39, 0.29) is 12.3 Å². The summed E-state index contributed by atoms with van der Waals surface area (Å²) in [5.74, 6) is -0.899. The number of rotatable bonds is 4. The highest BCUT2D eigenvalue weighted by atomic mass is 19.3. The van der Waals surface area contributed by atoms with Crippen molar-refractivity contribution in [1.29, 1.82) is 0 Å². The number of hydrogen-bond acceptors (Lipinski definition) is 5. The van der Waals surface area contributed by atoms with Crippen LogP contribution in [0.2, 0.25) is 0 Å². The summed E-state index contributed by atoms with van der Waals surface area (Å²) in [5.41, 5.74) is -2.06. The van der Waals surface area contributed by atoms with Gasteiger partial charge >= 0.3 is 5.97 Å². The van der Waals surface area contributed by atoms with Crippen molar-refractivity contribution in [2.45, 2.75) is 13.3 Å². The highest BCUT2D eigenvalue weighted by Crippen LogP contribution is 2.28. The van der Waals surface area contributed by atoms with E-state index < -0.39 is 28.6 Å². The highest BCUT2D eigenvalue weighted by Gasteiger charge is 2.24. The molecule has 0 spiro atoms. The maximum Gasteiger partial charge on any atom is 0.356 e. The topological polar surface area (TPSA) is 82.3 Å². The molecule has 0 saturated carbocycles. The average molecular weight is 246 g/mol. The second-order valence-corrected chi connectivity index (χ2v) is 2.91. The van der Waals surface area contributed by atoms with Gasteiger partial charge in [0.05, 0.1) is 17.1 Å². The lowest BCUT2D eigenvalue weighted by atomic mass is 10.2. The molecule has 0 unspecified atom stereocenters. The number of ether oxygens (including phenoxy) is 1. The molecule has 8 heteroatoms. The molecule has 0 aliphatic carbocycles. The minimum atomic E-state index is -3.06. The molecule has 1 aromatic rings. The van der Waals surface area contributed by atoms with Crippen LogP contribution in [0.1, 0.15) is 29.4 Å². The van der Waals surface area contributed by atoms with Crippen LogP contribution in [0.15, 0.2) is 12.3 Å². The summed E-state index contributed by atoms with van der Waals surface area (Å²) >= 11 is 0. The predicted molar refractivity (Wildman–Crippen MR) is 51.8 cm³/mol. The van der Waals surface area contributed by atoms with Crippen LogP contribution in [-0.4, -0.2) is 22.5 Å². The number of carbonyl (C=O) groups excluding carboxylic acids is 1. The molecule has 1 heterocycles. The SMILES string of the molecule is CCOC(=O)c1cc(C(F)F)c([N+](=O)[O-])cn1. The summed E-state index contributed by atoms with van der Waals surface area (Å²) in [7, 11) is 0. The van der Waals surface area contributed by atoms with Crippen molar-refractivity contribution in [2.75, 3.05) is 6.61 Å². The lowest BCUT2D eigenvalue weighted by Crippen LogP contribution is -2.09. The molecule has 92 valence electrons. The van der Waals surface area contributed by atoms with Gasteiger partial charge in [-0.3, -0.25) is 10.1 Å². The molecule has 0 aliphatic rings. The molecular weight excluding hydrogens is 238 g/mol. The fraction of sp³-hybridized carbons (Fsp3) is 0.333. The Morgan fingerprint density at radius 2 is 2.29 bits per heavy atom. The molecule has 0 N–H and O–H groups in total. The summed E-state index contributed by atoms with van der Waals surface area (Å²) in [4.78, 5) is 24.1. The Kier molecular flexibility index (Phi) is 4.02. The fourth-order valence-corrected chi connectivity index (χ4v) is 1.11. The van der Waals surface area contributed by atoms with Crippen molar-refractivity contribution in [2.24, 2.45) is 0 Å². The highest BCUT2D eigenvalue weighted by molar-refractivity contribution is 5.87. The van der Waals surface area contributed by atoms with Crippen LogP contribution < -0.4 is 0 Å². The van der Waals surface area contributed by atoms with E-state index in [1.54, 1.807) is 0 Å². The molecule has 6 nitrogen and oxygen atoms in total.